The summed E-state index contributed by atoms with van der Waals surface area (Å²) < 4.78 is 0. The van der Waals surface area contributed by atoms with Gasteiger partial charge in [-0.15, -0.1) is 0 Å². The van der Waals surface area contributed by atoms with Crippen molar-refractivity contribution in [2.24, 2.45) is 11.3 Å². The van der Waals surface area contributed by atoms with Crippen molar-refractivity contribution in [1.82, 2.24) is 0 Å². The Labute approximate surface area is 113 Å². The Morgan fingerprint density at radius 3 is 2.16 bits per heavy atom. The lowest BCUT2D eigenvalue weighted by Gasteiger charge is -2.38. The summed E-state index contributed by atoms with van der Waals surface area (Å²) in [4.78, 5) is 11.2. The van der Waals surface area contributed by atoms with E-state index < -0.39 is 23.6 Å². The van der Waals surface area contributed by atoms with Gasteiger partial charge in [0.05, 0.1) is 17.8 Å². The molecule has 0 heterocycles. The first-order valence-electron chi connectivity index (χ1n) is 6.38. The molecular formula is C15H22O4. The summed E-state index contributed by atoms with van der Waals surface area (Å²) in [5.41, 5.74) is -0.432. The maximum atomic E-state index is 11.2. The van der Waals surface area contributed by atoms with Crippen LogP contribution in [0.15, 0.2) is 24.3 Å². The molecule has 0 radical (unpaired) electrons. The molecule has 4 heteroatoms. The van der Waals surface area contributed by atoms with Gasteiger partial charge in [0, 0.05) is 5.41 Å². The summed E-state index contributed by atoms with van der Waals surface area (Å²) in [5.74, 6) is -1.11. The van der Waals surface area contributed by atoms with E-state index in [0.29, 0.717) is 5.56 Å². The first-order valence-corrected chi connectivity index (χ1v) is 6.38. The fourth-order valence-electron chi connectivity index (χ4n) is 2.35. The fourth-order valence-corrected chi connectivity index (χ4v) is 2.35. The van der Waals surface area contributed by atoms with Gasteiger partial charge >= 0.3 is 5.97 Å². The number of rotatable bonds is 5. The molecular weight excluding hydrogens is 244 g/mol. The normalized spacial score (nSPS) is 15.3. The Hall–Kier alpha value is -1.39. The molecule has 0 bridgehead atoms. The van der Waals surface area contributed by atoms with Crippen LogP contribution in [0.5, 0.6) is 0 Å². The second-order valence-electron chi connectivity index (χ2n) is 5.81. The Bertz CT molecular complexity index is 451. The maximum absolute atomic E-state index is 11.2. The van der Waals surface area contributed by atoms with Crippen LogP contribution in [0.4, 0.5) is 0 Å². The summed E-state index contributed by atoms with van der Waals surface area (Å²) in [7, 11) is 0. The average molecular weight is 266 g/mol. The van der Waals surface area contributed by atoms with Gasteiger partial charge in [-0.25, -0.2) is 4.79 Å². The zero-order valence-electron chi connectivity index (χ0n) is 11.8. The molecule has 2 atom stereocenters. The molecule has 0 aliphatic rings. The number of carboxylic acid groups (broad SMARTS) is 1. The van der Waals surface area contributed by atoms with Crippen molar-refractivity contribution in [2.45, 2.75) is 39.9 Å². The third-order valence-corrected chi connectivity index (χ3v) is 3.58. The van der Waals surface area contributed by atoms with Gasteiger partial charge in [0.15, 0.2) is 0 Å². The highest BCUT2D eigenvalue weighted by Gasteiger charge is 2.39. The summed E-state index contributed by atoms with van der Waals surface area (Å²) in [6.45, 7) is 7.20. The Kier molecular flexibility index (Phi) is 4.71. The molecule has 19 heavy (non-hydrogen) atoms. The quantitative estimate of drug-likeness (QED) is 0.765. The minimum Gasteiger partial charge on any atom is -0.478 e. The third-order valence-electron chi connectivity index (χ3n) is 3.58. The number of aromatic carboxylic acids is 1. The van der Waals surface area contributed by atoms with Crippen LogP contribution in [-0.4, -0.2) is 27.4 Å². The van der Waals surface area contributed by atoms with Crippen molar-refractivity contribution < 1.29 is 20.1 Å². The molecule has 1 aromatic carbocycles. The van der Waals surface area contributed by atoms with Gasteiger partial charge in [0.2, 0.25) is 0 Å². The molecule has 0 amide bonds. The highest BCUT2D eigenvalue weighted by Crippen LogP contribution is 2.40. The standard InChI is InChI=1S/C15H22O4/c1-9(2)12(16)15(3,4)13(17)10-7-5-6-8-11(10)14(18)19/h5-9,12-13,16-17H,1-4H3,(H,18,19). The van der Waals surface area contributed by atoms with E-state index in [9.17, 15) is 15.0 Å². The highest BCUT2D eigenvalue weighted by molar-refractivity contribution is 5.89. The lowest BCUT2D eigenvalue weighted by molar-refractivity contribution is -0.0698. The van der Waals surface area contributed by atoms with Crippen LogP contribution in [0, 0.1) is 11.3 Å². The van der Waals surface area contributed by atoms with Crippen molar-refractivity contribution >= 4 is 5.97 Å². The van der Waals surface area contributed by atoms with Crippen molar-refractivity contribution in [3.05, 3.63) is 35.4 Å². The second kappa shape index (κ2) is 5.72. The molecule has 3 N–H and O–H groups in total. The van der Waals surface area contributed by atoms with Crippen LogP contribution in [-0.2, 0) is 0 Å². The molecule has 4 nitrogen and oxygen atoms in total. The van der Waals surface area contributed by atoms with Gasteiger partial charge < -0.3 is 15.3 Å². The first kappa shape index (κ1) is 15.7. The van der Waals surface area contributed by atoms with Gasteiger partial charge in [0.1, 0.15) is 0 Å². The Balaban J connectivity index is 3.20. The largest absolute Gasteiger partial charge is 0.478 e. The smallest absolute Gasteiger partial charge is 0.336 e. The highest BCUT2D eigenvalue weighted by atomic mass is 16.4. The molecule has 0 aliphatic carbocycles. The van der Waals surface area contributed by atoms with E-state index in [1.54, 1.807) is 32.0 Å². The third kappa shape index (κ3) is 3.14. The van der Waals surface area contributed by atoms with Gasteiger partial charge in [-0.2, -0.15) is 0 Å². The topological polar surface area (TPSA) is 77.8 Å². The summed E-state index contributed by atoms with van der Waals surface area (Å²) in [5, 5.41) is 29.8. The van der Waals surface area contributed by atoms with Crippen LogP contribution in [0.25, 0.3) is 0 Å². The van der Waals surface area contributed by atoms with Crippen molar-refractivity contribution in [1.29, 1.82) is 0 Å². The Morgan fingerprint density at radius 1 is 1.16 bits per heavy atom. The van der Waals surface area contributed by atoms with Crippen LogP contribution < -0.4 is 0 Å². The minimum atomic E-state index is -1.08. The number of carbonyl (C=O) groups is 1. The molecule has 1 rings (SSSR count). The number of carboxylic acids is 1. The maximum Gasteiger partial charge on any atom is 0.336 e. The van der Waals surface area contributed by atoms with Crippen LogP contribution in [0.1, 0.15) is 49.7 Å². The van der Waals surface area contributed by atoms with Crippen molar-refractivity contribution in [3.8, 4) is 0 Å². The first-order chi connectivity index (χ1) is 8.69. The number of aliphatic hydroxyl groups is 2. The van der Waals surface area contributed by atoms with Gasteiger partial charge in [-0.05, 0) is 17.5 Å². The van der Waals surface area contributed by atoms with Crippen molar-refractivity contribution in [2.75, 3.05) is 0 Å². The molecule has 0 saturated carbocycles. The number of hydrogen-bond acceptors (Lipinski definition) is 3. The molecule has 0 aromatic heterocycles. The molecule has 106 valence electrons. The average Bonchev–Trinajstić information content (AvgIpc) is 2.36. The fraction of sp³-hybridized carbons (Fsp3) is 0.533. The van der Waals surface area contributed by atoms with E-state index in [4.69, 9.17) is 5.11 Å². The summed E-state index contributed by atoms with van der Waals surface area (Å²) in [6.07, 6.45) is -1.78. The summed E-state index contributed by atoms with van der Waals surface area (Å²) >= 11 is 0. The molecule has 0 aliphatic heterocycles. The van der Waals surface area contributed by atoms with E-state index in [-0.39, 0.29) is 11.5 Å². The van der Waals surface area contributed by atoms with E-state index in [2.05, 4.69) is 0 Å². The van der Waals surface area contributed by atoms with Crippen LogP contribution in [0.3, 0.4) is 0 Å². The number of hydrogen-bond donors (Lipinski definition) is 3. The monoisotopic (exact) mass is 266 g/mol. The molecule has 0 saturated heterocycles. The van der Waals surface area contributed by atoms with E-state index in [0.717, 1.165) is 0 Å². The van der Waals surface area contributed by atoms with E-state index in [1.165, 1.54) is 6.07 Å². The molecule has 0 spiro atoms. The van der Waals surface area contributed by atoms with Gasteiger partial charge in [0.25, 0.3) is 0 Å². The van der Waals surface area contributed by atoms with Gasteiger partial charge in [-0.3, -0.25) is 0 Å². The zero-order chi connectivity index (χ0) is 14.8. The SMILES string of the molecule is CC(C)C(O)C(C)(C)C(O)c1ccccc1C(=O)O. The Morgan fingerprint density at radius 2 is 1.68 bits per heavy atom. The van der Waals surface area contributed by atoms with E-state index in [1.807, 2.05) is 13.8 Å². The van der Waals surface area contributed by atoms with Crippen molar-refractivity contribution in [3.63, 3.8) is 0 Å². The summed E-state index contributed by atoms with van der Waals surface area (Å²) in [6, 6.07) is 6.34. The predicted octanol–water partition coefficient (Wildman–Crippen LogP) is 2.46. The van der Waals surface area contributed by atoms with E-state index >= 15 is 0 Å². The van der Waals surface area contributed by atoms with Gasteiger partial charge in [-0.1, -0.05) is 45.9 Å². The zero-order valence-corrected chi connectivity index (χ0v) is 11.8. The number of benzene rings is 1. The van der Waals surface area contributed by atoms with Crippen LogP contribution >= 0.6 is 0 Å². The lowest BCUT2D eigenvalue weighted by Crippen LogP contribution is -2.39. The second-order valence-corrected chi connectivity index (χ2v) is 5.81. The lowest BCUT2D eigenvalue weighted by atomic mass is 9.73. The predicted molar refractivity (Wildman–Crippen MR) is 73.0 cm³/mol. The number of aliphatic hydroxyl groups excluding tert-OH is 2. The molecule has 1 aromatic rings. The molecule has 2 unspecified atom stereocenters. The van der Waals surface area contributed by atoms with Crippen LogP contribution in [0.2, 0.25) is 0 Å². The molecule has 0 fully saturated rings. The minimum absolute atomic E-state index is 0.0263.